The molecule has 1 aliphatic carbocycles. The zero-order chi connectivity index (χ0) is 16.1. The number of amides is 1. The molecule has 0 aromatic heterocycles. The second-order valence-corrected chi connectivity index (χ2v) is 6.07. The summed E-state index contributed by atoms with van der Waals surface area (Å²) in [6, 6.07) is 16.0. The molecule has 3 heteroatoms. The largest absolute Gasteiger partial charge is 0.326 e. The molecular weight excluding hydrogens is 284 g/mol. The number of nitrogens with one attached hydrogen (secondary N) is 1. The van der Waals surface area contributed by atoms with E-state index in [2.05, 4.69) is 29.6 Å². The summed E-state index contributed by atoms with van der Waals surface area (Å²) in [6.07, 6.45) is 5.60. The summed E-state index contributed by atoms with van der Waals surface area (Å²) in [4.78, 5) is 12.2. The fourth-order valence-electron chi connectivity index (χ4n) is 3.08. The lowest BCUT2D eigenvalue weighted by Crippen LogP contribution is -2.15. The van der Waals surface area contributed by atoms with Crippen molar-refractivity contribution in [3.63, 3.8) is 0 Å². The number of nitrogens with zero attached hydrogens (tertiary/aromatic N) is 1. The molecule has 0 spiro atoms. The number of fused-ring (bicyclic) bond motifs is 1. The number of hydrogen-bond donors (Lipinski definition) is 1. The van der Waals surface area contributed by atoms with Crippen LogP contribution in [0.15, 0.2) is 42.5 Å². The topological polar surface area (TPSA) is 52.9 Å². The molecule has 0 radical (unpaired) electrons. The van der Waals surface area contributed by atoms with Gasteiger partial charge in [0, 0.05) is 5.69 Å². The van der Waals surface area contributed by atoms with Gasteiger partial charge < -0.3 is 5.32 Å². The molecule has 0 unspecified atom stereocenters. The SMILES string of the molecule is N#CCc1ccc(NC(=O)Cc2ccc3c(c2)CCCC3)cc1. The number of rotatable bonds is 4. The van der Waals surface area contributed by atoms with Gasteiger partial charge in [-0.2, -0.15) is 5.26 Å². The Kier molecular flexibility index (Phi) is 4.73. The number of carbonyl (C=O) groups is 1. The van der Waals surface area contributed by atoms with Crippen LogP contribution in [0, 0.1) is 11.3 Å². The first kappa shape index (κ1) is 15.3. The van der Waals surface area contributed by atoms with E-state index in [0.717, 1.165) is 29.7 Å². The van der Waals surface area contributed by atoms with Gasteiger partial charge in [0.15, 0.2) is 0 Å². The van der Waals surface area contributed by atoms with Gasteiger partial charge in [-0.15, -0.1) is 0 Å². The Morgan fingerprint density at radius 1 is 1.00 bits per heavy atom. The van der Waals surface area contributed by atoms with Gasteiger partial charge in [0.25, 0.3) is 0 Å². The highest BCUT2D eigenvalue weighted by Gasteiger charge is 2.11. The highest BCUT2D eigenvalue weighted by molar-refractivity contribution is 5.92. The summed E-state index contributed by atoms with van der Waals surface area (Å²) in [5.74, 6) is -0.00575. The van der Waals surface area contributed by atoms with Crippen LogP contribution >= 0.6 is 0 Å². The molecule has 116 valence electrons. The predicted octanol–water partition coefficient (Wildman–Crippen LogP) is 3.81. The summed E-state index contributed by atoms with van der Waals surface area (Å²) < 4.78 is 0. The van der Waals surface area contributed by atoms with E-state index < -0.39 is 0 Å². The third kappa shape index (κ3) is 3.98. The van der Waals surface area contributed by atoms with Crippen LogP contribution in [0.25, 0.3) is 0 Å². The van der Waals surface area contributed by atoms with Gasteiger partial charge >= 0.3 is 0 Å². The van der Waals surface area contributed by atoms with E-state index in [4.69, 9.17) is 5.26 Å². The molecule has 2 aromatic carbocycles. The Morgan fingerprint density at radius 3 is 2.43 bits per heavy atom. The van der Waals surface area contributed by atoms with Crippen molar-refractivity contribution >= 4 is 11.6 Å². The van der Waals surface area contributed by atoms with Crippen molar-refractivity contribution in [2.24, 2.45) is 0 Å². The fraction of sp³-hybridized carbons (Fsp3) is 0.300. The standard InChI is InChI=1S/C20H20N2O/c21-12-11-15-6-9-19(10-7-15)22-20(23)14-16-5-8-17-3-1-2-4-18(17)13-16/h5-10,13H,1-4,11,14H2,(H,22,23). The van der Waals surface area contributed by atoms with Gasteiger partial charge in [0.1, 0.15) is 0 Å². The Hall–Kier alpha value is -2.60. The van der Waals surface area contributed by atoms with E-state index in [1.807, 2.05) is 24.3 Å². The highest BCUT2D eigenvalue weighted by atomic mass is 16.1. The van der Waals surface area contributed by atoms with Gasteiger partial charge in [-0.1, -0.05) is 30.3 Å². The normalized spacial score (nSPS) is 13.0. The summed E-state index contributed by atoms with van der Waals surface area (Å²) in [5.41, 5.74) is 5.65. The molecule has 0 saturated carbocycles. The molecule has 0 heterocycles. The molecule has 3 rings (SSSR count). The molecule has 0 saturated heterocycles. The number of carbonyl (C=O) groups excluding carboxylic acids is 1. The lowest BCUT2D eigenvalue weighted by Gasteiger charge is -2.16. The minimum Gasteiger partial charge on any atom is -0.326 e. The molecule has 1 N–H and O–H groups in total. The quantitative estimate of drug-likeness (QED) is 0.933. The Labute approximate surface area is 137 Å². The number of benzene rings is 2. The first-order valence-electron chi connectivity index (χ1n) is 8.11. The maximum atomic E-state index is 12.2. The predicted molar refractivity (Wildman–Crippen MR) is 91.2 cm³/mol. The van der Waals surface area contributed by atoms with E-state index in [1.165, 1.54) is 24.0 Å². The maximum absolute atomic E-state index is 12.2. The highest BCUT2D eigenvalue weighted by Crippen LogP contribution is 2.22. The van der Waals surface area contributed by atoms with Crippen molar-refractivity contribution < 1.29 is 4.79 Å². The number of anilines is 1. The van der Waals surface area contributed by atoms with Crippen molar-refractivity contribution in [3.05, 3.63) is 64.7 Å². The third-order valence-electron chi connectivity index (χ3n) is 4.30. The average molecular weight is 304 g/mol. The minimum absolute atomic E-state index is 0.00575. The fourth-order valence-corrected chi connectivity index (χ4v) is 3.08. The second kappa shape index (κ2) is 7.11. The zero-order valence-electron chi connectivity index (χ0n) is 13.1. The zero-order valence-corrected chi connectivity index (χ0v) is 13.1. The van der Waals surface area contributed by atoms with Crippen LogP contribution in [-0.2, 0) is 30.5 Å². The number of nitriles is 1. The minimum atomic E-state index is -0.00575. The van der Waals surface area contributed by atoms with E-state index >= 15 is 0 Å². The molecular formula is C20H20N2O. The van der Waals surface area contributed by atoms with E-state index in [9.17, 15) is 4.79 Å². The molecule has 1 amide bonds. The first-order chi connectivity index (χ1) is 11.2. The van der Waals surface area contributed by atoms with Gasteiger partial charge in [-0.05, 0) is 60.1 Å². The molecule has 23 heavy (non-hydrogen) atoms. The monoisotopic (exact) mass is 304 g/mol. The lowest BCUT2D eigenvalue weighted by atomic mass is 9.90. The van der Waals surface area contributed by atoms with Crippen LogP contribution in [0.5, 0.6) is 0 Å². The third-order valence-corrected chi connectivity index (χ3v) is 4.30. The van der Waals surface area contributed by atoms with Gasteiger partial charge in [-0.25, -0.2) is 0 Å². The summed E-state index contributed by atoms with van der Waals surface area (Å²) >= 11 is 0. The first-order valence-corrected chi connectivity index (χ1v) is 8.11. The molecule has 3 nitrogen and oxygen atoms in total. The van der Waals surface area contributed by atoms with Crippen LogP contribution < -0.4 is 5.32 Å². The van der Waals surface area contributed by atoms with Crippen molar-refractivity contribution in [2.75, 3.05) is 5.32 Å². The molecule has 0 aliphatic heterocycles. The van der Waals surface area contributed by atoms with Gasteiger partial charge in [0.2, 0.25) is 5.91 Å². The van der Waals surface area contributed by atoms with E-state index in [-0.39, 0.29) is 5.91 Å². The average Bonchev–Trinajstić information content (AvgIpc) is 2.57. The number of hydrogen-bond acceptors (Lipinski definition) is 2. The van der Waals surface area contributed by atoms with Gasteiger partial charge in [0.05, 0.1) is 18.9 Å². The smallest absolute Gasteiger partial charge is 0.228 e. The maximum Gasteiger partial charge on any atom is 0.228 e. The summed E-state index contributed by atoms with van der Waals surface area (Å²) in [7, 11) is 0. The summed E-state index contributed by atoms with van der Waals surface area (Å²) in [6.45, 7) is 0. The molecule has 1 aliphatic rings. The Morgan fingerprint density at radius 2 is 1.70 bits per heavy atom. The van der Waals surface area contributed by atoms with Crippen LogP contribution in [-0.4, -0.2) is 5.91 Å². The van der Waals surface area contributed by atoms with Crippen LogP contribution in [0.2, 0.25) is 0 Å². The van der Waals surface area contributed by atoms with Gasteiger partial charge in [-0.3, -0.25) is 4.79 Å². The molecule has 0 fully saturated rings. The van der Waals surface area contributed by atoms with E-state index in [0.29, 0.717) is 12.8 Å². The van der Waals surface area contributed by atoms with Crippen molar-refractivity contribution in [3.8, 4) is 6.07 Å². The lowest BCUT2D eigenvalue weighted by molar-refractivity contribution is -0.115. The Bertz CT molecular complexity index is 741. The Balaban J connectivity index is 1.62. The van der Waals surface area contributed by atoms with Crippen LogP contribution in [0.4, 0.5) is 5.69 Å². The molecule has 2 aromatic rings. The number of aryl methyl sites for hydroxylation is 2. The van der Waals surface area contributed by atoms with Crippen molar-refractivity contribution in [1.29, 1.82) is 5.26 Å². The van der Waals surface area contributed by atoms with Crippen LogP contribution in [0.1, 0.15) is 35.1 Å². The van der Waals surface area contributed by atoms with Crippen molar-refractivity contribution in [2.45, 2.75) is 38.5 Å². The van der Waals surface area contributed by atoms with Crippen LogP contribution in [0.3, 0.4) is 0 Å². The molecule has 0 bridgehead atoms. The summed E-state index contributed by atoms with van der Waals surface area (Å²) in [5, 5.41) is 11.6. The second-order valence-electron chi connectivity index (χ2n) is 6.07. The molecule has 0 atom stereocenters. The van der Waals surface area contributed by atoms with Crippen molar-refractivity contribution in [1.82, 2.24) is 0 Å². The van der Waals surface area contributed by atoms with E-state index in [1.54, 1.807) is 0 Å².